The van der Waals surface area contributed by atoms with Gasteiger partial charge in [-0.05, 0) is 24.3 Å². The number of benzene rings is 2. The van der Waals surface area contributed by atoms with E-state index in [4.69, 9.17) is 11.6 Å². The number of carbonyl (C=O) groups excluding carboxylic acids is 1. The number of sulfonamides is 1. The molecule has 4 rings (SSSR count). The maximum Gasteiger partial charge on any atom is 0.273 e. The quantitative estimate of drug-likeness (QED) is 0.588. The minimum Gasteiger partial charge on any atom is -0.335 e. The van der Waals surface area contributed by atoms with Crippen LogP contribution in [0.25, 0.3) is 10.6 Å². The van der Waals surface area contributed by atoms with Gasteiger partial charge in [-0.25, -0.2) is 17.8 Å². The minimum atomic E-state index is -3.73. The smallest absolute Gasteiger partial charge is 0.273 e. The van der Waals surface area contributed by atoms with E-state index in [9.17, 15) is 17.6 Å². The molecule has 0 saturated carbocycles. The minimum absolute atomic E-state index is 0.0560. The van der Waals surface area contributed by atoms with Crippen molar-refractivity contribution in [1.29, 1.82) is 0 Å². The van der Waals surface area contributed by atoms with Gasteiger partial charge in [-0.15, -0.1) is 11.3 Å². The van der Waals surface area contributed by atoms with Crippen molar-refractivity contribution in [3.05, 3.63) is 70.4 Å². The lowest BCUT2D eigenvalue weighted by Gasteiger charge is -2.33. The summed E-state index contributed by atoms with van der Waals surface area (Å²) < 4.78 is 41.0. The summed E-state index contributed by atoms with van der Waals surface area (Å²) in [7, 11) is -3.73. The van der Waals surface area contributed by atoms with Crippen molar-refractivity contribution >= 4 is 38.9 Å². The molecule has 1 fully saturated rings. The van der Waals surface area contributed by atoms with Crippen molar-refractivity contribution in [2.24, 2.45) is 0 Å². The third kappa shape index (κ3) is 3.98. The van der Waals surface area contributed by atoms with E-state index in [0.29, 0.717) is 10.6 Å². The second kappa shape index (κ2) is 8.43. The lowest BCUT2D eigenvalue weighted by atomic mass is 10.2. The van der Waals surface area contributed by atoms with E-state index < -0.39 is 15.8 Å². The second-order valence-corrected chi connectivity index (χ2v) is 9.82. The second-order valence-electron chi connectivity index (χ2n) is 6.64. The first-order valence-corrected chi connectivity index (χ1v) is 11.8. The standard InChI is InChI=1S/C20H17ClFN3O3S2/c21-15-6-2-4-8-18(15)30(27,28)25-11-9-24(10-12-25)20(26)17-13-29-19(23-17)14-5-1-3-7-16(14)22/h1-8,13H,9-12H2. The van der Waals surface area contributed by atoms with Crippen molar-refractivity contribution in [3.8, 4) is 10.6 Å². The molecule has 2 aromatic carbocycles. The van der Waals surface area contributed by atoms with Gasteiger partial charge in [0.05, 0.1) is 5.02 Å². The highest BCUT2D eigenvalue weighted by Crippen LogP contribution is 2.28. The molecule has 6 nitrogen and oxygen atoms in total. The molecule has 1 aromatic heterocycles. The van der Waals surface area contributed by atoms with Gasteiger partial charge < -0.3 is 4.90 Å². The highest BCUT2D eigenvalue weighted by Gasteiger charge is 2.32. The molecule has 0 spiro atoms. The number of halogens is 2. The van der Waals surface area contributed by atoms with E-state index in [1.807, 2.05) is 0 Å². The molecule has 0 radical (unpaired) electrons. The van der Waals surface area contributed by atoms with Crippen molar-refractivity contribution in [1.82, 2.24) is 14.2 Å². The molecule has 0 atom stereocenters. The Hall–Kier alpha value is -2.33. The van der Waals surface area contributed by atoms with E-state index in [1.54, 1.807) is 40.6 Å². The number of hydrogen-bond acceptors (Lipinski definition) is 5. The lowest BCUT2D eigenvalue weighted by Crippen LogP contribution is -2.50. The molecule has 0 N–H and O–H groups in total. The monoisotopic (exact) mass is 465 g/mol. The van der Waals surface area contributed by atoms with Crippen LogP contribution in [0.1, 0.15) is 10.5 Å². The summed E-state index contributed by atoms with van der Waals surface area (Å²) in [6, 6.07) is 12.5. The van der Waals surface area contributed by atoms with Crippen LogP contribution in [0.2, 0.25) is 5.02 Å². The molecule has 1 aliphatic rings. The van der Waals surface area contributed by atoms with Gasteiger partial charge in [0, 0.05) is 37.1 Å². The third-order valence-corrected chi connectivity index (χ3v) is 8.08. The maximum absolute atomic E-state index is 14.0. The Bertz CT molecular complexity index is 1190. The number of aromatic nitrogens is 1. The normalized spacial score (nSPS) is 15.3. The molecule has 2 heterocycles. The van der Waals surface area contributed by atoms with Crippen LogP contribution in [0.15, 0.2) is 58.8 Å². The Morgan fingerprint density at radius 1 is 1.03 bits per heavy atom. The molecular weight excluding hydrogens is 449 g/mol. The molecule has 30 heavy (non-hydrogen) atoms. The zero-order chi connectivity index (χ0) is 21.3. The fourth-order valence-electron chi connectivity index (χ4n) is 3.22. The maximum atomic E-state index is 14.0. The van der Waals surface area contributed by atoms with Gasteiger partial charge in [-0.3, -0.25) is 4.79 Å². The molecule has 3 aromatic rings. The number of carbonyl (C=O) groups is 1. The lowest BCUT2D eigenvalue weighted by molar-refractivity contribution is 0.0693. The number of piperazine rings is 1. The summed E-state index contributed by atoms with van der Waals surface area (Å²) in [4.78, 5) is 18.7. The molecule has 10 heteroatoms. The van der Waals surface area contributed by atoms with Gasteiger partial charge in [0.2, 0.25) is 10.0 Å². The number of rotatable bonds is 4. The number of nitrogens with zero attached hydrogens (tertiary/aromatic N) is 3. The SMILES string of the molecule is O=C(c1csc(-c2ccccc2F)n1)N1CCN(S(=O)(=O)c2ccccc2Cl)CC1. The predicted octanol–water partition coefficient (Wildman–Crippen LogP) is 3.75. The Balaban J connectivity index is 1.45. The van der Waals surface area contributed by atoms with Crippen LogP contribution in [0.5, 0.6) is 0 Å². The Kier molecular flexibility index (Phi) is 5.88. The summed E-state index contributed by atoms with van der Waals surface area (Å²) >= 11 is 7.24. The molecule has 0 aliphatic carbocycles. The average Bonchev–Trinajstić information content (AvgIpc) is 3.24. The van der Waals surface area contributed by atoms with Crippen LogP contribution in [-0.2, 0) is 10.0 Å². The van der Waals surface area contributed by atoms with Crippen LogP contribution in [0, 0.1) is 5.82 Å². The first kappa shape index (κ1) is 20.9. The van der Waals surface area contributed by atoms with E-state index in [1.165, 1.54) is 33.8 Å². The topological polar surface area (TPSA) is 70.6 Å². The number of thiazole rings is 1. The van der Waals surface area contributed by atoms with Crippen LogP contribution >= 0.6 is 22.9 Å². The van der Waals surface area contributed by atoms with Crippen LogP contribution in [0.3, 0.4) is 0 Å². The third-order valence-electron chi connectivity index (χ3n) is 4.81. The van der Waals surface area contributed by atoms with Gasteiger partial charge in [0.15, 0.2) is 0 Å². The molecule has 0 unspecified atom stereocenters. The highest BCUT2D eigenvalue weighted by molar-refractivity contribution is 7.89. The fraction of sp³-hybridized carbons (Fsp3) is 0.200. The van der Waals surface area contributed by atoms with E-state index >= 15 is 0 Å². The molecule has 156 valence electrons. The Morgan fingerprint density at radius 2 is 1.70 bits per heavy atom. The number of hydrogen-bond donors (Lipinski definition) is 0. The first-order chi connectivity index (χ1) is 14.4. The average molecular weight is 466 g/mol. The van der Waals surface area contributed by atoms with Gasteiger partial charge in [0.1, 0.15) is 21.4 Å². The fourth-order valence-corrected chi connectivity index (χ4v) is 5.95. The summed E-state index contributed by atoms with van der Waals surface area (Å²) in [5.74, 6) is -0.701. The van der Waals surface area contributed by atoms with Crippen molar-refractivity contribution < 1.29 is 17.6 Å². The Labute approximate surface area is 182 Å². The van der Waals surface area contributed by atoms with Crippen molar-refractivity contribution in [2.45, 2.75) is 4.90 Å². The zero-order valence-corrected chi connectivity index (χ0v) is 18.1. The largest absolute Gasteiger partial charge is 0.335 e. The van der Waals surface area contributed by atoms with E-state index in [0.717, 1.165) is 0 Å². The molecule has 1 aliphatic heterocycles. The molecule has 0 bridgehead atoms. The van der Waals surface area contributed by atoms with Crippen LogP contribution < -0.4 is 0 Å². The zero-order valence-electron chi connectivity index (χ0n) is 15.7. The van der Waals surface area contributed by atoms with Crippen molar-refractivity contribution in [2.75, 3.05) is 26.2 Å². The van der Waals surface area contributed by atoms with Crippen molar-refractivity contribution in [3.63, 3.8) is 0 Å². The van der Waals surface area contributed by atoms with E-state index in [2.05, 4.69) is 4.98 Å². The van der Waals surface area contributed by atoms with Crippen LogP contribution in [-0.4, -0.2) is 54.7 Å². The summed E-state index contributed by atoms with van der Waals surface area (Å²) in [6.45, 7) is 0.775. The van der Waals surface area contributed by atoms with Crippen LogP contribution in [0.4, 0.5) is 4.39 Å². The Morgan fingerprint density at radius 3 is 2.40 bits per heavy atom. The molecular formula is C20H17ClFN3O3S2. The summed E-state index contributed by atoms with van der Waals surface area (Å²) in [5.41, 5.74) is 0.567. The first-order valence-electron chi connectivity index (χ1n) is 9.12. The van der Waals surface area contributed by atoms with Gasteiger partial charge in [-0.2, -0.15) is 4.31 Å². The molecule has 1 saturated heterocycles. The summed E-state index contributed by atoms with van der Waals surface area (Å²) in [5, 5.41) is 2.19. The summed E-state index contributed by atoms with van der Waals surface area (Å²) in [6.07, 6.45) is 0. The number of amides is 1. The van der Waals surface area contributed by atoms with Gasteiger partial charge in [-0.1, -0.05) is 35.9 Å². The predicted molar refractivity (Wildman–Crippen MR) is 114 cm³/mol. The van der Waals surface area contributed by atoms with Gasteiger partial charge >= 0.3 is 0 Å². The van der Waals surface area contributed by atoms with E-state index in [-0.39, 0.29) is 47.7 Å². The van der Waals surface area contributed by atoms with Gasteiger partial charge in [0.25, 0.3) is 5.91 Å². The molecule has 1 amide bonds. The highest BCUT2D eigenvalue weighted by atomic mass is 35.5.